The summed E-state index contributed by atoms with van der Waals surface area (Å²) in [5, 5.41) is 2.66. The Morgan fingerprint density at radius 3 is 2.16 bits per heavy atom. The average molecular weight is 337 g/mol. The predicted molar refractivity (Wildman–Crippen MR) is 99.6 cm³/mol. The lowest BCUT2D eigenvalue weighted by atomic mass is 10.0. The second-order valence-corrected chi connectivity index (χ2v) is 6.60. The molecule has 0 spiro atoms. The first-order valence-electron chi connectivity index (χ1n) is 8.18. The van der Waals surface area contributed by atoms with E-state index in [4.69, 9.17) is 4.74 Å². The quantitative estimate of drug-likeness (QED) is 0.820. The van der Waals surface area contributed by atoms with Crippen LogP contribution in [0.2, 0.25) is 0 Å². The number of carbonyl (C=O) groups excluding carboxylic acids is 2. The molecule has 0 saturated heterocycles. The molecule has 0 aliphatic rings. The summed E-state index contributed by atoms with van der Waals surface area (Å²) < 4.78 is 5.15. The summed E-state index contributed by atoms with van der Waals surface area (Å²) >= 11 is 0. The Morgan fingerprint density at radius 1 is 0.960 bits per heavy atom. The fourth-order valence-corrected chi connectivity index (χ4v) is 2.15. The van der Waals surface area contributed by atoms with Crippen LogP contribution < -0.4 is 5.32 Å². The SMILES string of the molecule is CC(C)(C)OC(=O)NCC=Cc1ccc(C(=O)c2ccccc2)cc1. The van der Waals surface area contributed by atoms with Gasteiger partial charge in [-0.1, -0.05) is 66.7 Å². The van der Waals surface area contributed by atoms with Gasteiger partial charge in [-0.3, -0.25) is 4.79 Å². The Kier molecular flexibility index (Phi) is 6.12. The molecule has 0 aliphatic heterocycles. The van der Waals surface area contributed by atoms with E-state index in [0.29, 0.717) is 17.7 Å². The van der Waals surface area contributed by atoms with Gasteiger partial charge in [0.2, 0.25) is 0 Å². The number of nitrogens with one attached hydrogen (secondary N) is 1. The summed E-state index contributed by atoms with van der Waals surface area (Å²) in [6.45, 7) is 5.84. The lowest BCUT2D eigenvalue weighted by Gasteiger charge is -2.19. The van der Waals surface area contributed by atoms with Crippen LogP contribution in [0.1, 0.15) is 42.3 Å². The summed E-state index contributed by atoms with van der Waals surface area (Å²) in [5.74, 6) is 0.00252. The number of ether oxygens (including phenoxy) is 1. The number of rotatable bonds is 5. The number of hydrogen-bond acceptors (Lipinski definition) is 3. The average Bonchev–Trinajstić information content (AvgIpc) is 2.58. The van der Waals surface area contributed by atoms with Crippen molar-refractivity contribution in [3.63, 3.8) is 0 Å². The summed E-state index contributed by atoms with van der Waals surface area (Å²) in [6.07, 6.45) is 3.27. The highest BCUT2D eigenvalue weighted by atomic mass is 16.6. The molecule has 1 N–H and O–H groups in total. The molecule has 130 valence electrons. The molecular weight excluding hydrogens is 314 g/mol. The minimum atomic E-state index is -0.505. The van der Waals surface area contributed by atoms with Crippen LogP contribution in [0, 0.1) is 0 Å². The lowest BCUT2D eigenvalue weighted by Crippen LogP contribution is -2.32. The van der Waals surface area contributed by atoms with E-state index in [1.165, 1.54) is 0 Å². The van der Waals surface area contributed by atoms with Gasteiger partial charge >= 0.3 is 6.09 Å². The van der Waals surface area contributed by atoms with Gasteiger partial charge in [0.15, 0.2) is 5.78 Å². The highest BCUT2D eigenvalue weighted by Gasteiger charge is 2.15. The molecule has 0 saturated carbocycles. The topological polar surface area (TPSA) is 55.4 Å². The van der Waals surface area contributed by atoms with Gasteiger partial charge in [-0.15, -0.1) is 0 Å². The van der Waals surface area contributed by atoms with Crippen LogP contribution in [0.25, 0.3) is 6.08 Å². The summed E-state index contributed by atoms with van der Waals surface area (Å²) in [6, 6.07) is 16.5. The fraction of sp³-hybridized carbons (Fsp3) is 0.238. The van der Waals surface area contributed by atoms with Crippen LogP contribution >= 0.6 is 0 Å². The van der Waals surface area contributed by atoms with E-state index in [9.17, 15) is 9.59 Å². The standard InChI is InChI=1S/C21H23NO3/c1-21(2,3)25-20(24)22-15-7-8-16-11-13-18(14-12-16)19(23)17-9-5-4-6-10-17/h4-14H,15H2,1-3H3,(H,22,24). The smallest absolute Gasteiger partial charge is 0.407 e. The number of carbonyl (C=O) groups is 2. The first kappa shape index (κ1) is 18.5. The number of ketones is 1. The van der Waals surface area contributed by atoms with Crippen LogP contribution in [0.5, 0.6) is 0 Å². The largest absolute Gasteiger partial charge is 0.444 e. The third-order valence-corrected chi connectivity index (χ3v) is 3.28. The molecule has 0 unspecified atom stereocenters. The maximum absolute atomic E-state index is 12.3. The Hall–Kier alpha value is -2.88. The van der Waals surface area contributed by atoms with E-state index in [1.54, 1.807) is 24.3 Å². The predicted octanol–water partition coefficient (Wildman–Crippen LogP) is 4.46. The number of alkyl carbamates (subject to hydrolysis) is 1. The van der Waals surface area contributed by atoms with Crippen LogP contribution in [-0.2, 0) is 4.74 Å². The molecular formula is C21H23NO3. The Morgan fingerprint density at radius 2 is 1.56 bits per heavy atom. The van der Waals surface area contributed by atoms with Crippen molar-refractivity contribution < 1.29 is 14.3 Å². The van der Waals surface area contributed by atoms with E-state index in [0.717, 1.165) is 5.56 Å². The molecule has 0 atom stereocenters. The van der Waals surface area contributed by atoms with E-state index < -0.39 is 11.7 Å². The molecule has 4 nitrogen and oxygen atoms in total. The van der Waals surface area contributed by atoms with Crippen molar-refractivity contribution in [2.24, 2.45) is 0 Å². The van der Waals surface area contributed by atoms with Crippen molar-refractivity contribution in [2.75, 3.05) is 6.54 Å². The maximum Gasteiger partial charge on any atom is 0.407 e. The van der Waals surface area contributed by atoms with Gasteiger partial charge in [-0.05, 0) is 26.3 Å². The van der Waals surface area contributed by atoms with Crippen molar-refractivity contribution in [3.8, 4) is 0 Å². The highest BCUT2D eigenvalue weighted by molar-refractivity contribution is 6.09. The Bertz CT molecular complexity index is 741. The molecule has 2 aromatic rings. The van der Waals surface area contributed by atoms with Gasteiger partial charge < -0.3 is 10.1 Å². The van der Waals surface area contributed by atoms with Gasteiger partial charge in [-0.2, -0.15) is 0 Å². The molecule has 0 aliphatic carbocycles. The lowest BCUT2D eigenvalue weighted by molar-refractivity contribution is 0.0534. The van der Waals surface area contributed by atoms with Crippen LogP contribution in [-0.4, -0.2) is 24.0 Å². The van der Waals surface area contributed by atoms with E-state index in [1.807, 2.05) is 63.3 Å². The minimum Gasteiger partial charge on any atom is -0.444 e. The molecule has 0 heterocycles. The number of amides is 1. The molecule has 0 radical (unpaired) electrons. The molecule has 0 bridgehead atoms. The zero-order chi connectivity index (χ0) is 18.3. The fourth-order valence-electron chi connectivity index (χ4n) is 2.15. The zero-order valence-corrected chi connectivity index (χ0v) is 14.8. The van der Waals surface area contributed by atoms with E-state index in [-0.39, 0.29) is 5.78 Å². The zero-order valence-electron chi connectivity index (χ0n) is 14.8. The molecule has 2 aromatic carbocycles. The molecule has 4 heteroatoms. The van der Waals surface area contributed by atoms with Crippen molar-refractivity contribution in [3.05, 3.63) is 77.4 Å². The number of hydrogen-bond donors (Lipinski definition) is 1. The van der Waals surface area contributed by atoms with Crippen LogP contribution in [0.15, 0.2) is 60.7 Å². The summed E-state index contributed by atoms with van der Waals surface area (Å²) in [4.78, 5) is 23.8. The second-order valence-electron chi connectivity index (χ2n) is 6.60. The van der Waals surface area contributed by atoms with Crippen molar-refractivity contribution >= 4 is 18.0 Å². The Balaban J connectivity index is 1.88. The summed E-state index contributed by atoms with van der Waals surface area (Å²) in [5.41, 5.74) is 1.77. The molecule has 25 heavy (non-hydrogen) atoms. The monoisotopic (exact) mass is 337 g/mol. The van der Waals surface area contributed by atoms with Crippen molar-refractivity contribution in [2.45, 2.75) is 26.4 Å². The van der Waals surface area contributed by atoms with Crippen LogP contribution in [0.3, 0.4) is 0 Å². The van der Waals surface area contributed by atoms with Gasteiger partial charge in [-0.25, -0.2) is 4.79 Å². The maximum atomic E-state index is 12.3. The third kappa shape index (κ3) is 6.26. The van der Waals surface area contributed by atoms with Crippen molar-refractivity contribution in [1.82, 2.24) is 5.32 Å². The summed E-state index contributed by atoms with van der Waals surface area (Å²) in [7, 11) is 0. The van der Waals surface area contributed by atoms with Gasteiger partial charge in [0.05, 0.1) is 0 Å². The number of benzene rings is 2. The van der Waals surface area contributed by atoms with Gasteiger partial charge in [0.25, 0.3) is 0 Å². The van der Waals surface area contributed by atoms with E-state index in [2.05, 4.69) is 5.32 Å². The van der Waals surface area contributed by atoms with Crippen LogP contribution in [0.4, 0.5) is 4.79 Å². The van der Waals surface area contributed by atoms with Crippen molar-refractivity contribution in [1.29, 1.82) is 0 Å². The molecule has 0 aromatic heterocycles. The third-order valence-electron chi connectivity index (χ3n) is 3.28. The Labute approximate surface area is 148 Å². The van der Waals surface area contributed by atoms with Gasteiger partial charge in [0, 0.05) is 17.7 Å². The van der Waals surface area contributed by atoms with E-state index >= 15 is 0 Å². The minimum absolute atomic E-state index is 0.00252. The molecule has 2 rings (SSSR count). The molecule has 0 fully saturated rings. The van der Waals surface area contributed by atoms with Gasteiger partial charge in [0.1, 0.15) is 5.60 Å². The second kappa shape index (κ2) is 8.29. The first-order chi connectivity index (χ1) is 11.8. The first-order valence-corrected chi connectivity index (χ1v) is 8.18. The highest BCUT2D eigenvalue weighted by Crippen LogP contribution is 2.12. The normalized spacial score (nSPS) is 11.3. The molecule has 1 amide bonds.